The van der Waals surface area contributed by atoms with E-state index in [-0.39, 0.29) is 5.91 Å². The average molecular weight is 311 g/mol. The van der Waals surface area contributed by atoms with Crippen LogP contribution in [-0.4, -0.2) is 39.1 Å². The fourth-order valence-electron chi connectivity index (χ4n) is 2.67. The molecule has 0 unspecified atom stereocenters. The largest absolute Gasteiger partial charge is 0.364 e. The molecule has 0 aliphatic carbocycles. The van der Waals surface area contributed by atoms with Gasteiger partial charge in [-0.25, -0.2) is 0 Å². The number of pyridine rings is 1. The Balaban J connectivity index is 1.59. The summed E-state index contributed by atoms with van der Waals surface area (Å²) in [6, 6.07) is 7.43. The van der Waals surface area contributed by atoms with Crippen LogP contribution in [0.25, 0.3) is 0 Å². The number of likely N-dealkylation sites (tertiary alicyclic amines) is 1. The van der Waals surface area contributed by atoms with E-state index in [0.29, 0.717) is 18.1 Å². The SMILES string of the molecule is O=C(c1ccc(NCc2cccnc2)nn1)N1CCCCCC1. The first-order valence-corrected chi connectivity index (χ1v) is 8.09. The Morgan fingerprint density at radius 2 is 1.91 bits per heavy atom. The highest BCUT2D eigenvalue weighted by Crippen LogP contribution is 2.13. The van der Waals surface area contributed by atoms with Crippen molar-refractivity contribution in [3.05, 3.63) is 47.9 Å². The first-order valence-electron chi connectivity index (χ1n) is 8.09. The van der Waals surface area contributed by atoms with Gasteiger partial charge in [0.15, 0.2) is 5.69 Å². The number of rotatable bonds is 4. The molecule has 0 radical (unpaired) electrons. The van der Waals surface area contributed by atoms with E-state index in [0.717, 1.165) is 31.5 Å². The summed E-state index contributed by atoms with van der Waals surface area (Å²) in [6.07, 6.45) is 8.09. The second kappa shape index (κ2) is 7.67. The minimum Gasteiger partial charge on any atom is -0.364 e. The quantitative estimate of drug-likeness (QED) is 0.939. The normalized spacial score (nSPS) is 15.0. The van der Waals surface area contributed by atoms with Gasteiger partial charge in [0.1, 0.15) is 5.82 Å². The van der Waals surface area contributed by atoms with Gasteiger partial charge in [-0.15, -0.1) is 10.2 Å². The van der Waals surface area contributed by atoms with Crippen molar-refractivity contribution < 1.29 is 4.79 Å². The highest BCUT2D eigenvalue weighted by molar-refractivity contribution is 5.92. The van der Waals surface area contributed by atoms with Crippen molar-refractivity contribution in [1.82, 2.24) is 20.1 Å². The molecular formula is C17H21N5O. The third-order valence-electron chi connectivity index (χ3n) is 3.97. The summed E-state index contributed by atoms with van der Waals surface area (Å²) in [4.78, 5) is 18.4. The predicted octanol–water partition coefficient (Wildman–Crippen LogP) is 2.50. The summed E-state index contributed by atoms with van der Waals surface area (Å²) in [6.45, 7) is 2.27. The maximum Gasteiger partial charge on any atom is 0.274 e. The Hall–Kier alpha value is -2.50. The summed E-state index contributed by atoms with van der Waals surface area (Å²) in [5, 5.41) is 11.4. The van der Waals surface area contributed by atoms with Crippen molar-refractivity contribution in [2.45, 2.75) is 32.2 Å². The zero-order chi connectivity index (χ0) is 15.9. The molecule has 0 spiro atoms. The Kier molecular flexibility index (Phi) is 5.13. The van der Waals surface area contributed by atoms with Crippen molar-refractivity contribution in [1.29, 1.82) is 0 Å². The number of aromatic nitrogens is 3. The lowest BCUT2D eigenvalue weighted by molar-refractivity contribution is 0.0754. The predicted molar refractivity (Wildman–Crippen MR) is 88.0 cm³/mol. The highest BCUT2D eigenvalue weighted by atomic mass is 16.2. The number of carbonyl (C=O) groups excluding carboxylic acids is 1. The van der Waals surface area contributed by atoms with E-state index in [1.807, 2.05) is 17.0 Å². The van der Waals surface area contributed by atoms with E-state index in [2.05, 4.69) is 20.5 Å². The van der Waals surface area contributed by atoms with Gasteiger partial charge in [0.25, 0.3) is 5.91 Å². The van der Waals surface area contributed by atoms with E-state index in [1.165, 1.54) is 12.8 Å². The van der Waals surface area contributed by atoms with E-state index < -0.39 is 0 Å². The number of nitrogens with one attached hydrogen (secondary N) is 1. The summed E-state index contributed by atoms with van der Waals surface area (Å²) in [5.74, 6) is 0.638. The standard InChI is InChI=1S/C17H21N5O/c23-17(22-10-3-1-2-4-11-22)15-7-8-16(21-20-15)19-13-14-6-5-9-18-12-14/h5-9,12H,1-4,10-11,13H2,(H,19,21). The van der Waals surface area contributed by atoms with Gasteiger partial charge in [0.05, 0.1) is 0 Å². The van der Waals surface area contributed by atoms with Gasteiger partial charge >= 0.3 is 0 Å². The maximum absolute atomic E-state index is 12.4. The van der Waals surface area contributed by atoms with E-state index in [4.69, 9.17) is 0 Å². The van der Waals surface area contributed by atoms with Gasteiger partial charge in [0.2, 0.25) is 0 Å². The van der Waals surface area contributed by atoms with Crippen LogP contribution < -0.4 is 5.32 Å². The van der Waals surface area contributed by atoms with Crippen LogP contribution in [0.1, 0.15) is 41.7 Å². The van der Waals surface area contributed by atoms with Crippen LogP contribution >= 0.6 is 0 Å². The lowest BCUT2D eigenvalue weighted by atomic mass is 10.2. The van der Waals surface area contributed by atoms with Crippen LogP contribution in [0.5, 0.6) is 0 Å². The van der Waals surface area contributed by atoms with Gasteiger partial charge in [-0.2, -0.15) is 0 Å². The molecule has 2 aromatic rings. The summed E-state index contributed by atoms with van der Waals surface area (Å²) in [5.41, 5.74) is 1.48. The molecule has 6 nitrogen and oxygen atoms in total. The molecule has 0 saturated carbocycles. The minimum absolute atomic E-state index is 0.0155. The molecule has 1 saturated heterocycles. The molecule has 120 valence electrons. The van der Waals surface area contributed by atoms with Gasteiger partial charge in [-0.3, -0.25) is 9.78 Å². The Morgan fingerprint density at radius 1 is 1.09 bits per heavy atom. The number of carbonyl (C=O) groups is 1. The number of anilines is 1. The van der Waals surface area contributed by atoms with Crippen molar-refractivity contribution >= 4 is 11.7 Å². The molecule has 1 N–H and O–H groups in total. The Morgan fingerprint density at radius 3 is 2.57 bits per heavy atom. The molecular weight excluding hydrogens is 290 g/mol. The molecule has 3 heterocycles. The third-order valence-corrected chi connectivity index (χ3v) is 3.97. The second-order valence-electron chi connectivity index (χ2n) is 5.73. The number of nitrogens with zero attached hydrogens (tertiary/aromatic N) is 4. The first-order chi connectivity index (χ1) is 11.3. The number of hydrogen-bond acceptors (Lipinski definition) is 5. The molecule has 0 bridgehead atoms. The fourth-order valence-corrected chi connectivity index (χ4v) is 2.67. The van der Waals surface area contributed by atoms with E-state index in [1.54, 1.807) is 24.5 Å². The van der Waals surface area contributed by atoms with Crippen LogP contribution in [0.15, 0.2) is 36.7 Å². The molecule has 1 fully saturated rings. The number of hydrogen-bond donors (Lipinski definition) is 1. The first kappa shape index (κ1) is 15.4. The van der Waals surface area contributed by atoms with E-state index >= 15 is 0 Å². The van der Waals surface area contributed by atoms with Crippen molar-refractivity contribution in [3.63, 3.8) is 0 Å². The van der Waals surface area contributed by atoms with Crippen LogP contribution in [0.3, 0.4) is 0 Å². The van der Waals surface area contributed by atoms with Crippen LogP contribution in [-0.2, 0) is 6.54 Å². The van der Waals surface area contributed by atoms with Gasteiger partial charge in [0, 0.05) is 32.0 Å². The van der Waals surface area contributed by atoms with Crippen LogP contribution in [0, 0.1) is 0 Å². The van der Waals surface area contributed by atoms with Crippen LogP contribution in [0.4, 0.5) is 5.82 Å². The molecule has 0 aromatic carbocycles. The van der Waals surface area contributed by atoms with Gasteiger partial charge < -0.3 is 10.2 Å². The van der Waals surface area contributed by atoms with Crippen molar-refractivity contribution in [2.24, 2.45) is 0 Å². The summed E-state index contributed by atoms with van der Waals surface area (Å²) in [7, 11) is 0. The third kappa shape index (κ3) is 4.25. The van der Waals surface area contributed by atoms with Gasteiger partial charge in [-0.1, -0.05) is 18.9 Å². The molecule has 1 amide bonds. The lowest BCUT2D eigenvalue weighted by Gasteiger charge is -2.19. The smallest absolute Gasteiger partial charge is 0.274 e. The maximum atomic E-state index is 12.4. The lowest BCUT2D eigenvalue weighted by Crippen LogP contribution is -2.32. The topological polar surface area (TPSA) is 71.0 Å². The summed E-state index contributed by atoms with van der Waals surface area (Å²) < 4.78 is 0. The highest BCUT2D eigenvalue weighted by Gasteiger charge is 2.18. The summed E-state index contributed by atoms with van der Waals surface area (Å²) >= 11 is 0. The molecule has 0 atom stereocenters. The molecule has 1 aliphatic heterocycles. The number of amides is 1. The van der Waals surface area contributed by atoms with Crippen molar-refractivity contribution in [3.8, 4) is 0 Å². The molecule has 2 aromatic heterocycles. The average Bonchev–Trinajstić information content (AvgIpc) is 2.90. The Bertz CT molecular complexity index is 621. The Labute approximate surface area is 136 Å². The minimum atomic E-state index is -0.0155. The van der Waals surface area contributed by atoms with Gasteiger partial charge in [-0.05, 0) is 36.6 Å². The fraction of sp³-hybridized carbons (Fsp3) is 0.412. The second-order valence-corrected chi connectivity index (χ2v) is 5.73. The monoisotopic (exact) mass is 311 g/mol. The molecule has 1 aliphatic rings. The molecule has 6 heteroatoms. The van der Waals surface area contributed by atoms with Crippen molar-refractivity contribution in [2.75, 3.05) is 18.4 Å². The van der Waals surface area contributed by atoms with E-state index in [9.17, 15) is 4.79 Å². The zero-order valence-electron chi connectivity index (χ0n) is 13.1. The molecule has 3 rings (SSSR count). The molecule has 23 heavy (non-hydrogen) atoms. The zero-order valence-corrected chi connectivity index (χ0v) is 13.1. The van der Waals surface area contributed by atoms with Crippen LogP contribution in [0.2, 0.25) is 0 Å².